The van der Waals surface area contributed by atoms with Crippen LogP contribution in [0.5, 0.6) is 5.75 Å². The van der Waals surface area contributed by atoms with E-state index >= 15 is 0 Å². The molecule has 172 valence electrons. The van der Waals surface area contributed by atoms with Crippen molar-refractivity contribution in [2.45, 2.75) is 95.3 Å². The van der Waals surface area contributed by atoms with Crippen LogP contribution in [0.2, 0.25) is 0 Å². The van der Waals surface area contributed by atoms with Crippen molar-refractivity contribution in [2.24, 2.45) is 0 Å². The van der Waals surface area contributed by atoms with Gasteiger partial charge in [0.1, 0.15) is 5.75 Å². The molecule has 0 unspecified atom stereocenters. The van der Waals surface area contributed by atoms with E-state index in [4.69, 9.17) is 21.3 Å². The maximum Gasteiger partial charge on any atom is 0.330 e. The predicted octanol–water partition coefficient (Wildman–Crippen LogP) is 6.82. The first-order valence-corrected chi connectivity index (χ1v) is 15.2. The van der Waals surface area contributed by atoms with Crippen LogP contribution in [-0.4, -0.2) is 31.0 Å². The van der Waals surface area contributed by atoms with E-state index in [1.165, 1.54) is 69.5 Å². The highest BCUT2D eigenvalue weighted by Crippen LogP contribution is 2.62. The molecule has 3 rings (SSSR count). The molecular weight excluding hydrogens is 423 g/mol. The average Bonchev–Trinajstić information content (AvgIpc) is 2.83. The molecule has 0 amide bonds. The van der Waals surface area contributed by atoms with Gasteiger partial charge in [-0.3, -0.25) is 0 Å². The van der Waals surface area contributed by atoms with E-state index < -0.39 is 6.04 Å². The van der Waals surface area contributed by atoms with Crippen LogP contribution in [0.25, 0.3) is 6.08 Å². The summed E-state index contributed by atoms with van der Waals surface area (Å²) < 4.78 is 11.0. The number of unbranched alkanes of at least 4 members (excludes halogenated alkanes) is 1. The summed E-state index contributed by atoms with van der Waals surface area (Å²) in [7, 11) is 1.73. The van der Waals surface area contributed by atoms with Gasteiger partial charge in [0.05, 0.1) is 13.7 Å². The summed E-state index contributed by atoms with van der Waals surface area (Å²) >= 11 is 6.77. The second-order valence-corrected chi connectivity index (χ2v) is 14.2. The Morgan fingerprint density at radius 1 is 1.06 bits per heavy atom. The minimum absolute atomic E-state index is 0.265. The number of esters is 1. The summed E-state index contributed by atoms with van der Waals surface area (Å²) in [6.45, 7) is 2.58. The number of hydrogen-bond acceptors (Lipinski definition) is 4. The Morgan fingerprint density at radius 3 is 2.23 bits per heavy atom. The quantitative estimate of drug-likeness (QED) is 0.175. The van der Waals surface area contributed by atoms with Crippen LogP contribution in [0.1, 0.15) is 89.5 Å². The Bertz CT molecular complexity index is 770. The number of carbonyl (C=O) groups is 1. The molecule has 31 heavy (non-hydrogen) atoms. The molecule has 0 atom stereocenters. The Kier molecular flexibility index (Phi) is 9.66. The van der Waals surface area contributed by atoms with E-state index in [1.54, 1.807) is 13.2 Å². The fourth-order valence-electron chi connectivity index (χ4n) is 5.24. The number of ether oxygens (including phenoxy) is 2. The van der Waals surface area contributed by atoms with Gasteiger partial charge in [0, 0.05) is 6.08 Å². The minimum Gasteiger partial charge on any atom is -0.497 e. The molecule has 0 aromatic heterocycles. The van der Waals surface area contributed by atoms with Gasteiger partial charge in [-0.15, -0.1) is 0 Å². The average molecular weight is 463 g/mol. The third-order valence-electron chi connectivity index (χ3n) is 6.99. The Hall–Kier alpha value is -1.12. The first-order chi connectivity index (χ1) is 15.1. The van der Waals surface area contributed by atoms with Gasteiger partial charge in [-0.25, -0.2) is 4.79 Å². The summed E-state index contributed by atoms with van der Waals surface area (Å²) in [6.07, 6.45) is 18.4. The Morgan fingerprint density at radius 2 is 1.68 bits per heavy atom. The molecule has 3 nitrogen and oxygen atoms in total. The number of hydrogen-bond donors (Lipinski definition) is 0. The maximum absolute atomic E-state index is 12.2. The first kappa shape index (κ1) is 24.5. The largest absolute Gasteiger partial charge is 0.497 e. The number of rotatable bonds is 9. The second kappa shape index (κ2) is 12.2. The van der Waals surface area contributed by atoms with Crippen molar-refractivity contribution in [1.29, 1.82) is 0 Å². The predicted molar refractivity (Wildman–Crippen MR) is 136 cm³/mol. The number of benzene rings is 1. The van der Waals surface area contributed by atoms with Crippen molar-refractivity contribution >= 4 is 35.2 Å². The van der Waals surface area contributed by atoms with Crippen LogP contribution in [0.15, 0.2) is 24.3 Å². The lowest BCUT2D eigenvalue weighted by molar-refractivity contribution is -0.137. The normalized spacial score (nSPS) is 18.9. The van der Waals surface area contributed by atoms with E-state index in [1.807, 2.05) is 12.1 Å². The molecule has 2 aliphatic carbocycles. The molecule has 0 spiro atoms. The van der Waals surface area contributed by atoms with Crippen molar-refractivity contribution < 1.29 is 14.3 Å². The molecule has 2 aliphatic rings. The smallest absolute Gasteiger partial charge is 0.330 e. The van der Waals surface area contributed by atoms with Gasteiger partial charge in [-0.1, -0.05) is 69.7 Å². The van der Waals surface area contributed by atoms with E-state index in [-0.39, 0.29) is 5.97 Å². The zero-order chi connectivity index (χ0) is 22.1. The van der Waals surface area contributed by atoms with Crippen LogP contribution in [-0.2, 0) is 21.3 Å². The molecule has 0 aliphatic heterocycles. The SMILES string of the molecule is CCCCOC(=O)/C=C/c1ccc(OC)cc1P(=S)(C1CCCCC1)C1CCCCC1. The van der Waals surface area contributed by atoms with Crippen molar-refractivity contribution in [3.63, 3.8) is 0 Å². The Balaban J connectivity index is 1.98. The lowest BCUT2D eigenvalue weighted by atomic mass is 9.99. The summed E-state index contributed by atoms with van der Waals surface area (Å²) in [4.78, 5) is 12.2. The van der Waals surface area contributed by atoms with Crippen LogP contribution in [0.3, 0.4) is 0 Å². The summed E-state index contributed by atoms with van der Waals surface area (Å²) in [5.74, 6) is 0.609. The van der Waals surface area contributed by atoms with Crippen LogP contribution >= 0.6 is 6.04 Å². The molecule has 0 N–H and O–H groups in total. The molecule has 1 aromatic carbocycles. The first-order valence-electron chi connectivity index (χ1n) is 12.2. The number of carbonyl (C=O) groups excluding carboxylic acids is 1. The van der Waals surface area contributed by atoms with Crippen molar-refractivity contribution in [2.75, 3.05) is 13.7 Å². The van der Waals surface area contributed by atoms with Gasteiger partial charge in [-0.05, 0) is 78.5 Å². The molecule has 5 heteroatoms. The van der Waals surface area contributed by atoms with E-state index in [9.17, 15) is 4.79 Å². The van der Waals surface area contributed by atoms with Gasteiger partial charge >= 0.3 is 5.97 Å². The lowest BCUT2D eigenvalue weighted by Gasteiger charge is -2.42. The minimum atomic E-state index is -1.84. The van der Waals surface area contributed by atoms with E-state index in [0.29, 0.717) is 17.9 Å². The van der Waals surface area contributed by atoms with E-state index in [0.717, 1.165) is 24.2 Å². The molecule has 0 saturated heterocycles. The molecule has 0 heterocycles. The molecule has 1 aromatic rings. The summed E-state index contributed by atoms with van der Waals surface area (Å²) in [5, 5.41) is 1.29. The van der Waals surface area contributed by atoms with Crippen molar-refractivity contribution in [3.05, 3.63) is 29.8 Å². The lowest BCUT2D eigenvalue weighted by Crippen LogP contribution is -2.30. The molecule has 2 saturated carbocycles. The fourth-order valence-corrected chi connectivity index (χ4v) is 11.5. The Labute approximate surface area is 194 Å². The van der Waals surface area contributed by atoms with Gasteiger partial charge in [-0.2, -0.15) is 0 Å². The third-order valence-corrected chi connectivity index (χ3v) is 13.7. The second-order valence-electron chi connectivity index (χ2n) is 9.07. The molecule has 0 bridgehead atoms. The van der Waals surface area contributed by atoms with Gasteiger partial charge in [0.2, 0.25) is 0 Å². The topological polar surface area (TPSA) is 35.5 Å². The zero-order valence-electron chi connectivity index (χ0n) is 19.3. The number of methoxy groups -OCH3 is 1. The zero-order valence-corrected chi connectivity index (χ0v) is 21.0. The van der Waals surface area contributed by atoms with Gasteiger partial charge in [0.15, 0.2) is 0 Å². The fraction of sp³-hybridized carbons (Fsp3) is 0.654. The van der Waals surface area contributed by atoms with E-state index in [2.05, 4.69) is 19.1 Å². The molecular formula is C26H39O3PS. The standard InChI is InChI=1S/C26H39O3PS/c1-3-4-19-29-26(27)18-16-21-15-17-22(28-2)20-25(21)30(31,23-11-7-5-8-12-23)24-13-9-6-10-14-24/h15-18,20,23-24H,3-14,19H2,1-2H3/b18-16+. The third kappa shape index (κ3) is 6.23. The van der Waals surface area contributed by atoms with Crippen LogP contribution in [0, 0.1) is 0 Å². The highest BCUT2D eigenvalue weighted by atomic mass is 32.4. The van der Waals surface area contributed by atoms with Crippen molar-refractivity contribution in [1.82, 2.24) is 0 Å². The highest BCUT2D eigenvalue weighted by Gasteiger charge is 2.39. The highest BCUT2D eigenvalue weighted by molar-refractivity contribution is 8.19. The molecule has 2 fully saturated rings. The monoisotopic (exact) mass is 462 g/mol. The van der Waals surface area contributed by atoms with Gasteiger partial charge < -0.3 is 9.47 Å². The summed E-state index contributed by atoms with van der Waals surface area (Å²) in [6, 6.07) is 4.45. The van der Waals surface area contributed by atoms with Gasteiger partial charge in [0.25, 0.3) is 0 Å². The molecule has 0 radical (unpaired) electrons. The van der Waals surface area contributed by atoms with Crippen LogP contribution < -0.4 is 10.0 Å². The van der Waals surface area contributed by atoms with Crippen LogP contribution in [0.4, 0.5) is 0 Å². The van der Waals surface area contributed by atoms with Crippen molar-refractivity contribution in [3.8, 4) is 5.75 Å². The summed E-state index contributed by atoms with van der Waals surface area (Å²) in [5.41, 5.74) is 2.33. The maximum atomic E-state index is 12.2.